The summed E-state index contributed by atoms with van der Waals surface area (Å²) in [5, 5.41) is 3.50. The number of nitrogens with zero attached hydrogens (tertiary/aromatic N) is 2. The summed E-state index contributed by atoms with van der Waals surface area (Å²) in [6.07, 6.45) is 7.35. The molecule has 3 nitrogen and oxygen atoms in total. The van der Waals surface area contributed by atoms with Crippen molar-refractivity contribution >= 4 is 28.4 Å². The molecule has 1 heterocycles. The van der Waals surface area contributed by atoms with E-state index in [4.69, 9.17) is 0 Å². The van der Waals surface area contributed by atoms with Gasteiger partial charge in [0.2, 0.25) is 0 Å². The van der Waals surface area contributed by atoms with Gasteiger partial charge in [-0.2, -0.15) is 0 Å². The third-order valence-corrected chi connectivity index (χ3v) is 3.41. The summed E-state index contributed by atoms with van der Waals surface area (Å²) in [5.41, 5.74) is 0. The lowest BCUT2D eigenvalue weighted by atomic mass is 10.1. The Labute approximate surface area is 97.9 Å². The maximum Gasteiger partial charge on any atom is 0.143 e. The molecule has 0 bridgehead atoms. The van der Waals surface area contributed by atoms with Crippen LogP contribution in [0.4, 0.5) is 5.82 Å². The summed E-state index contributed by atoms with van der Waals surface area (Å²) in [4.78, 5) is 8.23. The van der Waals surface area contributed by atoms with Crippen molar-refractivity contribution in [2.45, 2.75) is 32.2 Å². The Bertz CT molecular complexity index is 312. The van der Waals surface area contributed by atoms with Crippen LogP contribution in [0.2, 0.25) is 0 Å². The van der Waals surface area contributed by atoms with E-state index in [1.165, 1.54) is 19.3 Å². The Morgan fingerprint density at radius 3 is 3.00 bits per heavy atom. The first kappa shape index (κ1) is 10.1. The van der Waals surface area contributed by atoms with Crippen LogP contribution in [0.1, 0.15) is 26.2 Å². The number of halogens is 1. The fraction of sp³-hybridized carbons (Fsp3) is 0.600. The average Bonchev–Trinajstić information content (AvgIpc) is 3.00. The zero-order valence-corrected chi connectivity index (χ0v) is 10.4. The lowest BCUT2D eigenvalue weighted by Gasteiger charge is -2.17. The van der Waals surface area contributed by atoms with Gasteiger partial charge in [0.1, 0.15) is 12.1 Å². The Hall–Kier alpha value is -0.390. The average molecular weight is 303 g/mol. The van der Waals surface area contributed by atoms with Crippen LogP contribution in [-0.2, 0) is 0 Å². The van der Waals surface area contributed by atoms with Crippen molar-refractivity contribution in [3.05, 3.63) is 16.1 Å². The second kappa shape index (κ2) is 4.42. The van der Waals surface area contributed by atoms with Gasteiger partial charge in [-0.05, 0) is 47.8 Å². The fourth-order valence-corrected chi connectivity index (χ4v) is 2.10. The van der Waals surface area contributed by atoms with Gasteiger partial charge in [0.15, 0.2) is 0 Å². The molecule has 0 spiro atoms. The zero-order valence-electron chi connectivity index (χ0n) is 8.20. The van der Waals surface area contributed by atoms with Gasteiger partial charge in [-0.1, -0.05) is 6.92 Å². The van der Waals surface area contributed by atoms with Crippen LogP contribution in [0.5, 0.6) is 0 Å². The molecule has 1 aliphatic rings. The summed E-state index contributed by atoms with van der Waals surface area (Å²) in [5.74, 6) is 1.85. The molecule has 14 heavy (non-hydrogen) atoms. The minimum Gasteiger partial charge on any atom is -0.366 e. The van der Waals surface area contributed by atoms with Crippen LogP contribution in [-0.4, -0.2) is 16.0 Å². The predicted octanol–water partition coefficient (Wildman–Crippen LogP) is 2.68. The van der Waals surface area contributed by atoms with Gasteiger partial charge in [-0.25, -0.2) is 9.97 Å². The molecular weight excluding hydrogens is 289 g/mol. The Morgan fingerprint density at radius 2 is 2.43 bits per heavy atom. The highest BCUT2D eigenvalue weighted by atomic mass is 127. The standard InChI is InChI=1S/C10H14IN3/c1-2-9(7-3-4-7)14-10-8(11)5-12-6-13-10/h5-7,9H,2-4H2,1H3,(H,12,13,14). The molecule has 0 radical (unpaired) electrons. The summed E-state index contributed by atoms with van der Waals surface area (Å²) in [7, 11) is 0. The van der Waals surface area contributed by atoms with Crippen molar-refractivity contribution < 1.29 is 0 Å². The molecular formula is C10H14IN3. The monoisotopic (exact) mass is 303 g/mol. The Kier molecular flexibility index (Phi) is 3.20. The molecule has 1 N–H and O–H groups in total. The molecule has 1 aliphatic carbocycles. The normalized spacial score (nSPS) is 17.9. The van der Waals surface area contributed by atoms with Crippen LogP contribution in [0.3, 0.4) is 0 Å². The van der Waals surface area contributed by atoms with E-state index in [0.717, 1.165) is 15.3 Å². The van der Waals surface area contributed by atoms with Crippen LogP contribution in [0, 0.1) is 9.49 Å². The van der Waals surface area contributed by atoms with E-state index in [1.807, 2.05) is 6.20 Å². The molecule has 1 aromatic rings. The van der Waals surface area contributed by atoms with Gasteiger partial charge >= 0.3 is 0 Å². The maximum atomic E-state index is 4.25. The summed E-state index contributed by atoms with van der Waals surface area (Å²) in [6, 6.07) is 0.596. The van der Waals surface area contributed by atoms with Gasteiger partial charge in [-0.3, -0.25) is 0 Å². The van der Waals surface area contributed by atoms with Gasteiger partial charge in [0.25, 0.3) is 0 Å². The van der Waals surface area contributed by atoms with Gasteiger partial charge < -0.3 is 5.32 Å². The van der Waals surface area contributed by atoms with Crippen molar-refractivity contribution in [2.24, 2.45) is 5.92 Å². The number of nitrogens with one attached hydrogen (secondary N) is 1. The molecule has 4 heteroatoms. The van der Waals surface area contributed by atoms with E-state index in [0.29, 0.717) is 6.04 Å². The molecule has 0 saturated heterocycles. The first-order valence-electron chi connectivity index (χ1n) is 5.03. The summed E-state index contributed by atoms with van der Waals surface area (Å²) >= 11 is 2.27. The summed E-state index contributed by atoms with van der Waals surface area (Å²) in [6.45, 7) is 2.23. The topological polar surface area (TPSA) is 37.8 Å². The molecule has 1 aromatic heterocycles. The third-order valence-electron chi connectivity index (χ3n) is 2.62. The van der Waals surface area contributed by atoms with Crippen LogP contribution in [0.25, 0.3) is 0 Å². The largest absolute Gasteiger partial charge is 0.366 e. The number of hydrogen-bond donors (Lipinski definition) is 1. The second-order valence-electron chi connectivity index (χ2n) is 3.72. The van der Waals surface area contributed by atoms with E-state index in [1.54, 1.807) is 6.33 Å². The van der Waals surface area contributed by atoms with Gasteiger partial charge in [-0.15, -0.1) is 0 Å². The van der Waals surface area contributed by atoms with Crippen molar-refractivity contribution in [1.29, 1.82) is 0 Å². The molecule has 1 atom stereocenters. The van der Waals surface area contributed by atoms with Crippen LogP contribution < -0.4 is 5.32 Å². The molecule has 1 unspecified atom stereocenters. The van der Waals surface area contributed by atoms with E-state index >= 15 is 0 Å². The first-order chi connectivity index (χ1) is 6.81. The number of hydrogen-bond acceptors (Lipinski definition) is 3. The van der Waals surface area contributed by atoms with E-state index < -0.39 is 0 Å². The highest BCUT2D eigenvalue weighted by Gasteiger charge is 2.30. The molecule has 1 fully saturated rings. The highest BCUT2D eigenvalue weighted by molar-refractivity contribution is 14.1. The summed E-state index contributed by atoms with van der Waals surface area (Å²) < 4.78 is 1.10. The minimum absolute atomic E-state index is 0.596. The second-order valence-corrected chi connectivity index (χ2v) is 4.88. The zero-order chi connectivity index (χ0) is 9.97. The lowest BCUT2D eigenvalue weighted by molar-refractivity contribution is 0.613. The van der Waals surface area contributed by atoms with Crippen molar-refractivity contribution in [1.82, 2.24) is 9.97 Å². The lowest BCUT2D eigenvalue weighted by Crippen LogP contribution is -2.22. The van der Waals surface area contributed by atoms with Crippen molar-refractivity contribution in [3.63, 3.8) is 0 Å². The van der Waals surface area contributed by atoms with Crippen molar-refractivity contribution in [3.8, 4) is 0 Å². The minimum atomic E-state index is 0.596. The molecule has 76 valence electrons. The Balaban J connectivity index is 2.04. The molecule has 1 saturated carbocycles. The van der Waals surface area contributed by atoms with Crippen LogP contribution in [0.15, 0.2) is 12.5 Å². The van der Waals surface area contributed by atoms with Gasteiger partial charge in [0.05, 0.1) is 3.57 Å². The predicted molar refractivity (Wildman–Crippen MR) is 65.2 cm³/mol. The number of aromatic nitrogens is 2. The van der Waals surface area contributed by atoms with Gasteiger partial charge in [0, 0.05) is 12.2 Å². The maximum absolute atomic E-state index is 4.25. The van der Waals surface area contributed by atoms with E-state index in [9.17, 15) is 0 Å². The quantitative estimate of drug-likeness (QED) is 0.869. The fourth-order valence-electron chi connectivity index (χ4n) is 1.65. The molecule has 0 amide bonds. The highest BCUT2D eigenvalue weighted by Crippen LogP contribution is 2.35. The number of anilines is 1. The SMILES string of the molecule is CCC(Nc1ncncc1I)C1CC1. The molecule has 2 rings (SSSR count). The molecule has 0 aliphatic heterocycles. The van der Waals surface area contributed by atoms with E-state index in [2.05, 4.69) is 44.8 Å². The first-order valence-corrected chi connectivity index (χ1v) is 6.11. The smallest absolute Gasteiger partial charge is 0.143 e. The molecule has 0 aromatic carbocycles. The number of rotatable bonds is 4. The third kappa shape index (κ3) is 2.34. The van der Waals surface area contributed by atoms with Crippen LogP contribution >= 0.6 is 22.6 Å². The Morgan fingerprint density at radius 1 is 1.64 bits per heavy atom. The van der Waals surface area contributed by atoms with E-state index in [-0.39, 0.29) is 0 Å². The van der Waals surface area contributed by atoms with Crippen molar-refractivity contribution in [2.75, 3.05) is 5.32 Å².